The molecule has 4 nitrogen and oxygen atoms in total. The minimum atomic E-state index is 0.779. The molecule has 0 saturated heterocycles. The number of hydrogen-bond donors (Lipinski definition) is 1. The summed E-state index contributed by atoms with van der Waals surface area (Å²) in [5, 5.41) is 3.44. The van der Waals surface area contributed by atoms with Crippen molar-refractivity contribution in [3.8, 4) is 5.75 Å². The smallest absolute Gasteiger partial charge is 0.119 e. The summed E-state index contributed by atoms with van der Waals surface area (Å²) in [5.74, 6) is 2.06. The monoisotopic (exact) mass is 273 g/mol. The highest BCUT2D eigenvalue weighted by atomic mass is 16.5. The molecule has 0 amide bonds. The van der Waals surface area contributed by atoms with E-state index in [0.29, 0.717) is 0 Å². The Morgan fingerprint density at radius 1 is 1.25 bits per heavy atom. The number of aromatic nitrogens is 2. The quantitative estimate of drug-likeness (QED) is 0.751. The zero-order chi connectivity index (χ0) is 14.2. The van der Waals surface area contributed by atoms with E-state index in [4.69, 9.17) is 4.74 Å². The molecule has 20 heavy (non-hydrogen) atoms. The van der Waals surface area contributed by atoms with Crippen LogP contribution in [0.2, 0.25) is 0 Å². The molecule has 1 aromatic heterocycles. The van der Waals surface area contributed by atoms with Gasteiger partial charge in [0.25, 0.3) is 0 Å². The molecular weight excluding hydrogens is 250 g/mol. The molecule has 2 rings (SSSR count). The van der Waals surface area contributed by atoms with Gasteiger partial charge in [-0.3, -0.25) is 0 Å². The average Bonchev–Trinajstić information content (AvgIpc) is 2.88. The first kappa shape index (κ1) is 14.6. The number of rotatable bonds is 8. The van der Waals surface area contributed by atoms with Gasteiger partial charge in [-0.05, 0) is 24.1 Å². The van der Waals surface area contributed by atoms with Crippen molar-refractivity contribution in [2.45, 2.75) is 26.3 Å². The average molecular weight is 273 g/mol. The Bertz CT molecular complexity index is 505. The molecule has 0 atom stereocenters. The van der Waals surface area contributed by atoms with Crippen molar-refractivity contribution in [1.82, 2.24) is 14.9 Å². The summed E-state index contributed by atoms with van der Waals surface area (Å²) in [5.41, 5.74) is 1.27. The third kappa shape index (κ3) is 4.38. The van der Waals surface area contributed by atoms with Crippen LogP contribution in [0.5, 0.6) is 5.75 Å². The number of benzene rings is 1. The number of ether oxygens (including phenoxy) is 1. The van der Waals surface area contributed by atoms with Crippen molar-refractivity contribution in [2.75, 3.05) is 13.2 Å². The molecular formula is C16H23N3O. The van der Waals surface area contributed by atoms with Crippen molar-refractivity contribution in [2.24, 2.45) is 7.05 Å². The van der Waals surface area contributed by atoms with E-state index in [1.165, 1.54) is 5.56 Å². The van der Waals surface area contributed by atoms with Gasteiger partial charge in [0.1, 0.15) is 11.6 Å². The topological polar surface area (TPSA) is 39.1 Å². The maximum absolute atomic E-state index is 5.57. The van der Waals surface area contributed by atoms with Crippen LogP contribution in [-0.2, 0) is 20.0 Å². The normalized spacial score (nSPS) is 10.7. The molecule has 1 N–H and O–H groups in total. The second kappa shape index (κ2) is 7.70. The molecule has 0 aliphatic carbocycles. The first-order valence-electron chi connectivity index (χ1n) is 7.18. The van der Waals surface area contributed by atoms with Gasteiger partial charge in [-0.1, -0.05) is 19.1 Å². The molecule has 0 spiro atoms. The molecule has 0 bridgehead atoms. The van der Waals surface area contributed by atoms with E-state index < -0.39 is 0 Å². The van der Waals surface area contributed by atoms with Gasteiger partial charge in [0, 0.05) is 39.0 Å². The lowest BCUT2D eigenvalue weighted by atomic mass is 10.2. The summed E-state index contributed by atoms with van der Waals surface area (Å²) in [6.45, 7) is 4.69. The standard InChI is InChI=1S/C16H23N3O/c1-3-12-20-15-6-4-14(5-7-15)13-17-9-8-16-18-10-11-19(16)2/h4-7,10-11,17H,3,8-9,12-13H2,1-2H3. The van der Waals surface area contributed by atoms with Crippen molar-refractivity contribution < 1.29 is 4.74 Å². The van der Waals surface area contributed by atoms with E-state index in [9.17, 15) is 0 Å². The number of imidazole rings is 1. The molecule has 0 aliphatic heterocycles. The highest BCUT2D eigenvalue weighted by Crippen LogP contribution is 2.12. The lowest BCUT2D eigenvalue weighted by molar-refractivity contribution is 0.317. The third-order valence-electron chi connectivity index (χ3n) is 3.17. The Labute approximate surface area is 120 Å². The predicted octanol–water partition coefficient (Wildman–Crippen LogP) is 2.54. The number of nitrogens with zero attached hydrogens (tertiary/aromatic N) is 2. The van der Waals surface area contributed by atoms with Crippen LogP contribution in [0.25, 0.3) is 0 Å². The Morgan fingerprint density at radius 3 is 2.70 bits per heavy atom. The molecule has 1 heterocycles. The number of aryl methyl sites for hydroxylation is 1. The fraction of sp³-hybridized carbons (Fsp3) is 0.438. The molecule has 0 unspecified atom stereocenters. The second-order valence-electron chi connectivity index (χ2n) is 4.87. The van der Waals surface area contributed by atoms with Gasteiger partial charge in [0.15, 0.2) is 0 Å². The summed E-state index contributed by atoms with van der Waals surface area (Å²) in [6, 6.07) is 8.29. The molecule has 0 radical (unpaired) electrons. The maximum Gasteiger partial charge on any atom is 0.119 e. The SMILES string of the molecule is CCCOc1ccc(CNCCc2nccn2C)cc1. The molecule has 2 aromatic rings. The van der Waals surface area contributed by atoms with Gasteiger partial charge >= 0.3 is 0 Å². The molecule has 0 fully saturated rings. The van der Waals surface area contributed by atoms with E-state index in [1.807, 2.05) is 31.6 Å². The summed E-state index contributed by atoms with van der Waals surface area (Å²) in [6.07, 6.45) is 5.80. The van der Waals surface area contributed by atoms with Gasteiger partial charge in [-0.15, -0.1) is 0 Å². The van der Waals surface area contributed by atoms with Crippen LogP contribution >= 0.6 is 0 Å². The van der Waals surface area contributed by atoms with Crippen LogP contribution < -0.4 is 10.1 Å². The largest absolute Gasteiger partial charge is 0.494 e. The van der Waals surface area contributed by atoms with E-state index >= 15 is 0 Å². The van der Waals surface area contributed by atoms with E-state index in [-0.39, 0.29) is 0 Å². The van der Waals surface area contributed by atoms with Crippen LogP contribution in [-0.4, -0.2) is 22.7 Å². The van der Waals surface area contributed by atoms with E-state index in [2.05, 4.69) is 33.9 Å². The van der Waals surface area contributed by atoms with Gasteiger partial charge in [-0.2, -0.15) is 0 Å². The summed E-state index contributed by atoms with van der Waals surface area (Å²) < 4.78 is 7.62. The Morgan fingerprint density at radius 2 is 2.05 bits per heavy atom. The highest BCUT2D eigenvalue weighted by Gasteiger charge is 1.99. The molecule has 1 aromatic carbocycles. The highest BCUT2D eigenvalue weighted by molar-refractivity contribution is 5.27. The van der Waals surface area contributed by atoms with Gasteiger partial charge < -0.3 is 14.6 Å². The third-order valence-corrected chi connectivity index (χ3v) is 3.17. The van der Waals surface area contributed by atoms with Crippen LogP contribution in [0.1, 0.15) is 24.7 Å². The molecule has 0 saturated carbocycles. The maximum atomic E-state index is 5.57. The van der Waals surface area contributed by atoms with Crippen molar-refractivity contribution >= 4 is 0 Å². The minimum Gasteiger partial charge on any atom is -0.494 e. The van der Waals surface area contributed by atoms with Crippen LogP contribution in [0.4, 0.5) is 0 Å². The lowest BCUT2D eigenvalue weighted by Gasteiger charge is -2.07. The summed E-state index contributed by atoms with van der Waals surface area (Å²) in [7, 11) is 2.03. The zero-order valence-corrected chi connectivity index (χ0v) is 12.3. The second-order valence-corrected chi connectivity index (χ2v) is 4.87. The minimum absolute atomic E-state index is 0.779. The van der Waals surface area contributed by atoms with Crippen molar-refractivity contribution in [3.05, 3.63) is 48.0 Å². The van der Waals surface area contributed by atoms with Gasteiger partial charge in [0.05, 0.1) is 6.61 Å². The fourth-order valence-corrected chi connectivity index (χ4v) is 1.99. The van der Waals surface area contributed by atoms with Crippen LogP contribution in [0.3, 0.4) is 0 Å². The Kier molecular flexibility index (Phi) is 5.62. The molecule has 108 valence electrons. The fourth-order valence-electron chi connectivity index (χ4n) is 1.99. The Balaban J connectivity index is 1.70. The first-order chi connectivity index (χ1) is 9.79. The number of hydrogen-bond acceptors (Lipinski definition) is 3. The lowest BCUT2D eigenvalue weighted by Crippen LogP contribution is -2.18. The van der Waals surface area contributed by atoms with Crippen molar-refractivity contribution in [3.63, 3.8) is 0 Å². The first-order valence-corrected chi connectivity index (χ1v) is 7.18. The van der Waals surface area contributed by atoms with E-state index in [1.54, 1.807) is 0 Å². The van der Waals surface area contributed by atoms with E-state index in [0.717, 1.165) is 44.1 Å². The summed E-state index contributed by atoms with van der Waals surface area (Å²) in [4.78, 5) is 4.31. The van der Waals surface area contributed by atoms with Gasteiger partial charge in [0.2, 0.25) is 0 Å². The molecule has 4 heteroatoms. The molecule has 0 aliphatic rings. The summed E-state index contributed by atoms with van der Waals surface area (Å²) >= 11 is 0. The number of nitrogens with one attached hydrogen (secondary N) is 1. The van der Waals surface area contributed by atoms with Crippen LogP contribution in [0, 0.1) is 0 Å². The Hall–Kier alpha value is -1.81. The predicted molar refractivity (Wildman–Crippen MR) is 80.8 cm³/mol. The van der Waals surface area contributed by atoms with Crippen LogP contribution in [0.15, 0.2) is 36.7 Å². The van der Waals surface area contributed by atoms with Crippen molar-refractivity contribution in [1.29, 1.82) is 0 Å². The van der Waals surface area contributed by atoms with Gasteiger partial charge in [-0.25, -0.2) is 4.98 Å². The zero-order valence-electron chi connectivity index (χ0n) is 12.3.